The van der Waals surface area contributed by atoms with Crippen molar-refractivity contribution in [1.29, 1.82) is 10.5 Å². The minimum absolute atomic E-state index is 0.0177. The van der Waals surface area contributed by atoms with Crippen LogP contribution in [0.4, 0.5) is 5.69 Å². The molecular weight excluding hydrogens is 462 g/mol. The molecule has 9 heteroatoms. The highest BCUT2D eigenvalue weighted by atomic mass is 16.5. The van der Waals surface area contributed by atoms with Crippen LogP contribution in [0.15, 0.2) is 29.8 Å². The second-order valence-corrected chi connectivity index (χ2v) is 9.24. The smallest absolute Gasteiger partial charge is 0.343 e. The third-order valence-corrected chi connectivity index (χ3v) is 6.55. The van der Waals surface area contributed by atoms with E-state index in [4.69, 9.17) is 18.9 Å². The molecule has 0 aliphatic carbocycles. The molecule has 0 saturated heterocycles. The van der Waals surface area contributed by atoms with Crippen LogP contribution in [0.2, 0.25) is 0 Å². The molecule has 0 spiro atoms. The second-order valence-electron chi connectivity index (χ2n) is 9.24. The number of rotatable bonds is 5. The predicted octanol–water partition coefficient (Wildman–Crippen LogP) is 4.36. The van der Waals surface area contributed by atoms with Crippen LogP contribution >= 0.6 is 0 Å². The number of carbonyl (C=O) groups excluding carboxylic acids is 2. The molecule has 36 heavy (non-hydrogen) atoms. The number of allylic oxidation sites excluding steroid dienone is 1. The normalized spacial score (nSPS) is 17.0. The van der Waals surface area contributed by atoms with E-state index in [9.17, 15) is 20.1 Å². The zero-order valence-electron chi connectivity index (χ0n) is 20.9. The molecule has 184 valence electrons. The van der Waals surface area contributed by atoms with Gasteiger partial charge in [0.25, 0.3) is 5.91 Å². The number of esters is 1. The molecule has 1 amide bonds. The molecule has 1 atom stereocenters. The molecule has 4 rings (SSSR count). The lowest BCUT2D eigenvalue weighted by molar-refractivity contribution is -0.114. The van der Waals surface area contributed by atoms with E-state index in [1.54, 1.807) is 11.0 Å². The number of anilines is 1. The van der Waals surface area contributed by atoms with E-state index in [0.29, 0.717) is 34.9 Å². The predicted molar refractivity (Wildman–Crippen MR) is 130 cm³/mol. The fourth-order valence-electron chi connectivity index (χ4n) is 5.10. The second kappa shape index (κ2) is 8.94. The summed E-state index contributed by atoms with van der Waals surface area (Å²) in [5.41, 5.74) is 1.23. The summed E-state index contributed by atoms with van der Waals surface area (Å²) in [7, 11) is 4.35. The van der Waals surface area contributed by atoms with Gasteiger partial charge in [-0.05, 0) is 56.0 Å². The van der Waals surface area contributed by atoms with Crippen LogP contribution in [-0.2, 0) is 4.79 Å². The highest BCUT2D eigenvalue weighted by molar-refractivity contribution is 6.35. The zero-order valence-corrected chi connectivity index (χ0v) is 20.9. The maximum atomic E-state index is 13.4. The topological polar surface area (TPSA) is 122 Å². The fourth-order valence-corrected chi connectivity index (χ4v) is 5.10. The molecule has 2 heterocycles. The van der Waals surface area contributed by atoms with Gasteiger partial charge < -0.3 is 23.8 Å². The van der Waals surface area contributed by atoms with Gasteiger partial charge in [-0.2, -0.15) is 10.5 Å². The average molecular weight is 488 g/mol. The number of nitrogens with zero attached hydrogens (tertiary/aromatic N) is 3. The minimum atomic E-state index is -0.683. The van der Waals surface area contributed by atoms with Gasteiger partial charge in [-0.1, -0.05) is 6.92 Å². The summed E-state index contributed by atoms with van der Waals surface area (Å²) >= 11 is 0. The van der Waals surface area contributed by atoms with Gasteiger partial charge in [-0.3, -0.25) is 4.79 Å². The molecule has 0 saturated carbocycles. The molecule has 0 bridgehead atoms. The van der Waals surface area contributed by atoms with E-state index in [2.05, 4.69) is 0 Å². The maximum Gasteiger partial charge on any atom is 0.343 e. The van der Waals surface area contributed by atoms with Gasteiger partial charge in [-0.25, -0.2) is 4.79 Å². The molecule has 2 aliphatic heterocycles. The number of nitriles is 2. The van der Waals surface area contributed by atoms with Crippen molar-refractivity contribution in [1.82, 2.24) is 0 Å². The Labute approximate surface area is 209 Å². The largest absolute Gasteiger partial charge is 0.493 e. The molecule has 2 aromatic rings. The summed E-state index contributed by atoms with van der Waals surface area (Å²) in [6.45, 7) is 5.93. The zero-order chi connectivity index (χ0) is 26.4. The number of hydrogen-bond acceptors (Lipinski definition) is 8. The Hall–Kier alpha value is -4.50. The summed E-state index contributed by atoms with van der Waals surface area (Å²) in [6, 6.07) is 9.89. The van der Waals surface area contributed by atoms with Crippen molar-refractivity contribution in [2.75, 3.05) is 26.2 Å². The van der Waals surface area contributed by atoms with Crippen LogP contribution in [-0.4, -0.2) is 38.7 Å². The van der Waals surface area contributed by atoms with Gasteiger partial charge in [0.2, 0.25) is 5.75 Å². The van der Waals surface area contributed by atoms with Crippen molar-refractivity contribution in [3.8, 4) is 35.1 Å². The standard InChI is InChI=1S/C27H25N3O6/c1-14-11-27(2,3)30-23-18(14)9-17(10-19(23)22(25(30)31)16(12-28)13-29)36-26(32)15-7-20(33-4)24(35-6)21(8-15)34-5/h7-10,14H,11H2,1-6H3/t14-/m0/s1. The number of amides is 1. The van der Waals surface area contributed by atoms with Crippen molar-refractivity contribution in [2.24, 2.45) is 0 Å². The van der Waals surface area contributed by atoms with E-state index < -0.39 is 17.4 Å². The first kappa shape index (κ1) is 24.6. The molecule has 0 N–H and O–H groups in total. The fraction of sp³-hybridized carbons (Fsp3) is 0.333. The Balaban J connectivity index is 1.85. The summed E-state index contributed by atoms with van der Waals surface area (Å²) in [4.78, 5) is 28.2. The summed E-state index contributed by atoms with van der Waals surface area (Å²) in [6.07, 6.45) is 0.650. The van der Waals surface area contributed by atoms with E-state index in [-0.39, 0.29) is 28.4 Å². The SMILES string of the molecule is COc1cc(C(=O)Oc2cc3c4c(c2)[C@@H](C)CC(C)(C)N4C(=O)C3=C(C#N)C#N)cc(OC)c1OC. The van der Waals surface area contributed by atoms with E-state index in [1.807, 2.05) is 32.9 Å². The first-order chi connectivity index (χ1) is 17.1. The molecule has 0 unspecified atom stereocenters. The minimum Gasteiger partial charge on any atom is -0.493 e. The molecule has 0 fully saturated rings. The Kier molecular flexibility index (Phi) is 6.11. The van der Waals surface area contributed by atoms with Crippen molar-refractivity contribution >= 4 is 23.1 Å². The lowest BCUT2D eigenvalue weighted by atomic mass is 9.80. The number of carbonyl (C=O) groups is 2. The van der Waals surface area contributed by atoms with E-state index in [0.717, 1.165) is 5.56 Å². The van der Waals surface area contributed by atoms with Crippen LogP contribution in [0.5, 0.6) is 23.0 Å². The lowest BCUT2D eigenvalue weighted by Crippen LogP contribution is -2.49. The summed E-state index contributed by atoms with van der Waals surface area (Å²) in [5, 5.41) is 19.1. The number of hydrogen-bond donors (Lipinski definition) is 0. The van der Waals surface area contributed by atoms with Crippen molar-refractivity contribution in [3.05, 3.63) is 46.5 Å². The first-order valence-corrected chi connectivity index (χ1v) is 11.2. The summed E-state index contributed by atoms with van der Waals surface area (Å²) < 4.78 is 21.7. The molecule has 2 aliphatic rings. The Morgan fingerprint density at radius 3 is 2.17 bits per heavy atom. The third-order valence-electron chi connectivity index (χ3n) is 6.55. The first-order valence-electron chi connectivity index (χ1n) is 11.2. The highest BCUT2D eigenvalue weighted by Crippen LogP contribution is 2.53. The van der Waals surface area contributed by atoms with Crippen LogP contribution < -0.4 is 23.8 Å². The molecule has 9 nitrogen and oxygen atoms in total. The van der Waals surface area contributed by atoms with Gasteiger partial charge in [0.05, 0.1) is 38.2 Å². The monoisotopic (exact) mass is 487 g/mol. The van der Waals surface area contributed by atoms with Gasteiger partial charge >= 0.3 is 5.97 Å². The molecule has 0 radical (unpaired) electrons. The van der Waals surface area contributed by atoms with Crippen LogP contribution in [0, 0.1) is 22.7 Å². The van der Waals surface area contributed by atoms with Gasteiger partial charge in [0, 0.05) is 11.1 Å². The molecule has 0 aromatic heterocycles. The number of ether oxygens (including phenoxy) is 4. The maximum absolute atomic E-state index is 13.4. The summed E-state index contributed by atoms with van der Waals surface area (Å²) in [5.74, 6) is 0.0580. The van der Waals surface area contributed by atoms with Crippen LogP contribution in [0.3, 0.4) is 0 Å². The molecular formula is C27H25N3O6. The van der Waals surface area contributed by atoms with Crippen LogP contribution in [0.25, 0.3) is 5.57 Å². The highest BCUT2D eigenvalue weighted by Gasteiger charge is 2.48. The lowest BCUT2D eigenvalue weighted by Gasteiger charge is -2.43. The van der Waals surface area contributed by atoms with Crippen molar-refractivity contribution in [3.63, 3.8) is 0 Å². The third kappa shape index (κ3) is 3.70. The van der Waals surface area contributed by atoms with E-state index in [1.165, 1.54) is 39.5 Å². The van der Waals surface area contributed by atoms with Gasteiger partial charge in [0.1, 0.15) is 23.5 Å². The van der Waals surface area contributed by atoms with Crippen LogP contribution in [0.1, 0.15) is 54.6 Å². The van der Waals surface area contributed by atoms with Crippen molar-refractivity contribution < 1.29 is 28.5 Å². The number of benzene rings is 2. The Morgan fingerprint density at radius 2 is 1.64 bits per heavy atom. The van der Waals surface area contributed by atoms with Crippen molar-refractivity contribution in [2.45, 2.75) is 38.6 Å². The van der Waals surface area contributed by atoms with E-state index >= 15 is 0 Å². The van der Waals surface area contributed by atoms with Gasteiger partial charge in [0.15, 0.2) is 11.5 Å². The van der Waals surface area contributed by atoms with Gasteiger partial charge in [-0.15, -0.1) is 0 Å². The Bertz CT molecular complexity index is 1370. The average Bonchev–Trinajstić information content (AvgIpc) is 3.15. The Morgan fingerprint density at radius 1 is 1.03 bits per heavy atom. The molecule has 2 aromatic carbocycles. The number of methoxy groups -OCH3 is 3. The quantitative estimate of drug-likeness (QED) is 0.264.